The fraction of sp³-hybridized carbons (Fsp3) is 0.949. The molecule has 0 spiro atoms. The first kappa shape index (κ1) is 95.1. The van der Waals surface area contributed by atoms with E-state index in [0.29, 0.717) is 25.7 Å². The lowest BCUT2D eigenvalue weighted by Gasteiger charge is -2.21. The van der Waals surface area contributed by atoms with Gasteiger partial charge in [-0.3, -0.25) is 37.3 Å². The van der Waals surface area contributed by atoms with Crippen molar-refractivity contribution in [2.24, 2.45) is 17.8 Å². The molecule has 2 unspecified atom stereocenters. The number of ether oxygens (including phenoxy) is 4. The van der Waals surface area contributed by atoms with Crippen LogP contribution in [0.5, 0.6) is 0 Å². The summed E-state index contributed by atoms with van der Waals surface area (Å²) in [5.74, 6) is 0.186. The molecule has 0 saturated carbocycles. The second kappa shape index (κ2) is 68.5. The van der Waals surface area contributed by atoms with Crippen molar-refractivity contribution in [1.29, 1.82) is 0 Å². The molecule has 3 N–H and O–H groups in total. The Morgan fingerprint density at radius 1 is 0.278 bits per heavy atom. The average molecular weight is 1420 g/mol. The van der Waals surface area contributed by atoms with Crippen LogP contribution in [0.2, 0.25) is 0 Å². The summed E-state index contributed by atoms with van der Waals surface area (Å²) in [6.07, 6.45) is 55.4. The van der Waals surface area contributed by atoms with Crippen LogP contribution in [0.25, 0.3) is 0 Å². The summed E-state index contributed by atoms with van der Waals surface area (Å²) in [5, 5.41) is 10.6. The topological polar surface area (TPSA) is 237 Å². The fourth-order valence-electron chi connectivity index (χ4n) is 12.0. The zero-order valence-electron chi connectivity index (χ0n) is 63.5. The van der Waals surface area contributed by atoms with Gasteiger partial charge < -0.3 is 33.8 Å². The highest BCUT2D eigenvalue weighted by atomic mass is 31.2. The lowest BCUT2D eigenvalue weighted by atomic mass is 10.0. The van der Waals surface area contributed by atoms with Crippen LogP contribution >= 0.6 is 15.6 Å². The van der Waals surface area contributed by atoms with Crippen molar-refractivity contribution in [3.8, 4) is 0 Å². The SMILES string of the molecule is CCCCCCCCCCCCCCCCC(=O)O[C@H](COC(=O)CCCCCCCCCCC(C)C)COP(=O)(O)OC[C@H](O)COP(=O)(O)OC[C@@H](COC(=O)CCCCCCCCCCCCCC(C)C)OC(=O)CCCCCCCCCCCCCCCCCC(C)C. The van der Waals surface area contributed by atoms with Crippen molar-refractivity contribution >= 4 is 39.5 Å². The number of carbonyl (C=O) groups excluding carboxylic acids is 4. The van der Waals surface area contributed by atoms with Crippen LogP contribution < -0.4 is 0 Å². The number of aliphatic hydroxyl groups is 1. The Labute approximate surface area is 594 Å². The van der Waals surface area contributed by atoms with E-state index in [4.69, 9.17) is 37.0 Å². The molecule has 17 nitrogen and oxygen atoms in total. The maximum atomic E-state index is 13.1. The van der Waals surface area contributed by atoms with Gasteiger partial charge in [-0.25, -0.2) is 9.13 Å². The van der Waals surface area contributed by atoms with E-state index in [9.17, 15) is 43.2 Å². The van der Waals surface area contributed by atoms with E-state index in [2.05, 4.69) is 48.5 Å². The molecule has 0 amide bonds. The molecule has 0 bridgehead atoms. The molecule has 0 saturated heterocycles. The maximum absolute atomic E-state index is 13.1. The Morgan fingerprint density at radius 3 is 0.701 bits per heavy atom. The number of esters is 4. The highest BCUT2D eigenvalue weighted by molar-refractivity contribution is 7.47. The van der Waals surface area contributed by atoms with E-state index < -0.39 is 97.5 Å². The fourth-order valence-corrected chi connectivity index (χ4v) is 13.5. The number of phosphoric ester groups is 2. The standard InChI is InChI=1S/C78H152O17P2/c1-8-9-10-11-12-13-14-15-20-25-31-40-47-54-61-77(82)95-74(66-89-76(81)60-53-46-39-34-33-37-44-51-58-71(6)7)68-93-97(86,87)91-64-72(79)63-90-96(84,85)92-67-73(65-88-75(80)59-52-45-38-30-27-22-24-29-36-43-50-57-70(4)5)94-78(83)62-55-48-41-32-26-21-18-16-17-19-23-28-35-42-49-56-69(2)3/h69-74,79H,8-68H2,1-7H3,(H,84,85)(H,86,87)/t72-,73-,74-/m1/s1. The third-order valence-corrected chi connectivity index (χ3v) is 20.0. The molecule has 0 aliphatic rings. The molecule has 19 heteroatoms. The smallest absolute Gasteiger partial charge is 0.462 e. The Bertz CT molecular complexity index is 1890. The van der Waals surface area contributed by atoms with Crippen LogP contribution in [0.4, 0.5) is 0 Å². The lowest BCUT2D eigenvalue weighted by molar-refractivity contribution is -0.161. The Hall–Kier alpha value is -1.94. The summed E-state index contributed by atoms with van der Waals surface area (Å²) in [6, 6.07) is 0. The minimum Gasteiger partial charge on any atom is -0.462 e. The third kappa shape index (κ3) is 72.2. The predicted molar refractivity (Wildman–Crippen MR) is 395 cm³/mol. The molecule has 5 atom stereocenters. The zero-order chi connectivity index (χ0) is 71.6. The van der Waals surface area contributed by atoms with Gasteiger partial charge in [0, 0.05) is 25.7 Å². The van der Waals surface area contributed by atoms with E-state index >= 15 is 0 Å². The summed E-state index contributed by atoms with van der Waals surface area (Å²) < 4.78 is 68.6. The van der Waals surface area contributed by atoms with E-state index in [1.54, 1.807) is 0 Å². The third-order valence-electron chi connectivity index (χ3n) is 18.1. The molecular formula is C78H152O17P2. The molecule has 0 aliphatic heterocycles. The molecule has 0 rings (SSSR count). The molecular weight excluding hydrogens is 1270 g/mol. The average Bonchev–Trinajstić information content (AvgIpc) is 1.07. The van der Waals surface area contributed by atoms with Crippen LogP contribution in [-0.2, 0) is 65.4 Å². The van der Waals surface area contributed by atoms with Gasteiger partial charge in [0.1, 0.15) is 19.3 Å². The second-order valence-corrected chi connectivity index (χ2v) is 32.4. The van der Waals surface area contributed by atoms with Crippen LogP contribution in [0.1, 0.15) is 402 Å². The number of phosphoric acid groups is 2. The number of rotatable bonds is 76. The van der Waals surface area contributed by atoms with Gasteiger partial charge in [0.15, 0.2) is 12.2 Å². The monoisotopic (exact) mass is 1420 g/mol. The molecule has 0 aromatic carbocycles. The number of aliphatic hydroxyl groups excluding tert-OH is 1. The quantitative estimate of drug-likeness (QED) is 0.0222. The van der Waals surface area contributed by atoms with E-state index in [0.717, 1.165) is 108 Å². The molecule has 0 aromatic heterocycles. The molecule has 0 fully saturated rings. The molecule has 0 radical (unpaired) electrons. The lowest BCUT2D eigenvalue weighted by Crippen LogP contribution is -2.30. The number of hydrogen-bond donors (Lipinski definition) is 3. The Balaban J connectivity index is 5.26. The number of unbranched alkanes of at least 4 members (excludes halogenated alkanes) is 44. The summed E-state index contributed by atoms with van der Waals surface area (Å²) in [4.78, 5) is 72.9. The summed E-state index contributed by atoms with van der Waals surface area (Å²) in [5.41, 5.74) is 0. The van der Waals surface area contributed by atoms with Crippen molar-refractivity contribution in [1.82, 2.24) is 0 Å². The first-order chi connectivity index (χ1) is 46.7. The number of carbonyl (C=O) groups is 4. The first-order valence-corrected chi connectivity index (χ1v) is 43.3. The molecule has 0 heterocycles. The molecule has 0 aliphatic carbocycles. The minimum absolute atomic E-state index is 0.107. The summed E-state index contributed by atoms with van der Waals surface area (Å²) in [7, 11) is -9.92. The van der Waals surface area contributed by atoms with Gasteiger partial charge in [-0.05, 0) is 43.4 Å². The molecule has 0 aromatic rings. The van der Waals surface area contributed by atoms with Gasteiger partial charge in [0.2, 0.25) is 0 Å². The van der Waals surface area contributed by atoms with Gasteiger partial charge in [-0.15, -0.1) is 0 Å². The first-order valence-electron chi connectivity index (χ1n) is 40.3. The Morgan fingerprint density at radius 2 is 0.474 bits per heavy atom. The highest BCUT2D eigenvalue weighted by Crippen LogP contribution is 2.45. The van der Waals surface area contributed by atoms with Crippen LogP contribution in [-0.4, -0.2) is 96.7 Å². The summed E-state index contributed by atoms with van der Waals surface area (Å²) in [6.45, 7) is 11.9. The van der Waals surface area contributed by atoms with Crippen molar-refractivity contribution in [2.75, 3.05) is 39.6 Å². The normalized spacial score (nSPS) is 14.0. The van der Waals surface area contributed by atoms with E-state index in [1.807, 2.05) is 0 Å². The van der Waals surface area contributed by atoms with Crippen molar-refractivity contribution < 1.29 is 80.2 Å². The molecule has 97 heavy (non-hydrogen) atoms. The zero-order valence-corrected chi connectivity index (χ0v) is 65.3. The minimum atomic E-state index is -4.96. The van der Waals surface area contributed by atoms with Crippen molar-refractivity contribution in [3.05, 3.63) is 0 Å². The Kier molecular flexibility index (Phi) is 67.1. The van der Waals surface area contributed by atoms with Crippen LogP contribution in [0, 0.1) is 17.8 Å². The van der Waals surface area contributed by atoms with E-state index in [-0.39, 0.29) is 25.7 Å². The van der Waals surface area contributed by atoms with Gasteiger partial charge in [0.25, 0.3) is 0 Å². The van der Waals surface area contributed by atoms with Crippen molar-refractivity contribution in [3.63, 3.8) is 0 Å². The van der Waals surface area contributed by atoms with Gasteiger partial charge in [0.05, 0.1) is 26.4 Å². The highest BCUT2D eigenvalue weighted by Gasteiger charge is 2.30. The second-order valence-electron chi connectivity index (χ2n) is 29.5. The van der Waals surface area contributed by atoms with E-state index in [1.165, 1.54) is 212 Å². The van der Waals surface area contributed by atoms with Gasteiger partial charge >= 0.3 is 39.5 Å². The largest absolute Gasteiger partial charge is 0.472 e. The van der Waals surface area contributed by atoms with Crippen molar-refractivity contribution in [2.45, 2.75) is 420 Å². The van der Waals surface area contributed by atoms with Gasteiger partial charge in [-0.1, -0.05) is 350 Å². The summed E-state index contributed by atoms with van der Waals surface area (Å²) >= 11 is 0. The van der Waals surface area contributed by atoms with Crippen LogP contribution in [0.15, 0.2) is 0 Å². The molecule has 576 valence electrons. The number of hydrogen-bond acceptors (Lipinski definition) is 15. The van der Waals surface area contributed by atoms with Gasteiger partial charge in [-0.2, -0.15) is 0 Å². The predicted octanol–water partition coefficient (Wildman–Crippen LogP) is 23.0. The maximum Gasteiger partial charge on any atom is 0.472 e. The van der Waals surface area contributed by atoms with Crippen LogP contribution in [0.3, 0.4) is 0 Å².